The van der Waals surface area contributed by atoms with Gasteiger partial charge >= 0.3 is 5.97 Å². The van der Waals surface area contributed by atoms with Crippen LogP contribution in [0.1, 0.15) is 53.6 Å². The molecule has 0 spiro atoms. The minimum absolute atomic E-state index is 0.0288. The average molecular weight is 381 g/mol. The molecule has 28 heavy (non-hydrogen) atoms. The van der Waals surface area contributed by atoms with Crippen molar-refractivity contribution in [1.82, 2.24) is 0 Å². The van der Waals surface area contributed by atoms with E-state index >= 15 is 0 Å². The molecule has 0 heterocycles. The van der Waals surface area contributed by atoms with Crippen molar-refractivity contribution in [2.45, 2.75) is 52.1 Å². The number of hydrogen-bond donors (Lipinski definition) is 1. The van der Waals surface area contributed by atoms with Gasteiger partial charge in [-0.3, -0.25) is 4.79 Å². The first-order valence-corrected chi connectivity index (χ1v) is 9.82. The average Bonchev–Trinajstić information content (AvgIpc) is 2.69. The topological polar surface area (TPSA) is 64.6 Å². The third-order valence-electron chi connectivity index (χ3n) is 4.95. The molecule has 1 saturated carbocycles. The second-order valence-corrected chi connectivity index (χ2v) is 7.34. The molecule has 1 amide bonds. The van der Waals surface area contributed by atoms with Gasteiger partial charge in [0.1, 0.15) is 11.9 Å². The zero-order valence-corrected chi connectivity index (χ0v) is 16.5. The van der Waals surface area contributed by atoms with Crippen molar-refractivity contribution >= 4 is 17.6 Å². The summed E-state index contributed by atoms with van der Waals surface area (Å²) in [6.07, 6.45) is 5.36. The summed E-state index contributed by atoms with van der Waals surface area (Å²) in [5.41, 5.74) is 3.49. The Bertz CT molecular complexity index is 823. The Morgan fingerprint density at radius 2 is 1.71 bits per heavy atom. The number of anilines is 1. The largest absolute Gasteiger partial charge is 0.482 e. The molecule has 1 N–H and O–H groups in total. The van der Waals surface area contributed by atoms with E-state index in [1.807, 2.05) is 32.0 Å². The highest BCUT2D eigenvalue weighted by molar-refractivity contribution is 6.04. The molecule has 0 unspecified atom stereocenters. The fraction of sp³-hybridized carbons (Fsp3) is 0.391. The van der Waals surface area contributed by atoms with Crippen LogP contribution in [0, 0.1) is 13.8 Å². The number of benzene rings is 2. The predicted molar refractivity (Wildman–Crippen MR) is 109 cm³/mol. The van der Waals surface area contributed by atoms with Crippen LogP contribution in [0.3, 0.4) is 0 Å². The van der Waals surface area contributed by atoms with Gasteiger partial charge in [-0.25, -0.2) is 4.79 Å². The minimum Gasteiger partial charge on any atom is -0.482 e. The first-order chi connectivity index (χ1) is 13.5. The third kappa shape index (κ3) is 5.59. The Balaban J connectivity index is 1.49. The van der Waals surface area contributed by atoms with Crippen LogP contribution in [0.4, 0.5) is 5.69 Å². The van der Waals surface area contributed by atoms with Crippen LogP contribution in [0.2, 0.25) is 0 Å². The first kappa shape index (κ1) is 19.9. The number of amides is 1. The molecule has 2 aromatic carbocycles. The number of carbonyl (C=O) groups excluding carboxylic acids is 2. The Morgan fingerprint density at radius 1 is 1.00 bits per heavy atom. The molecule has 0 atom stereocenters. The lowest BCUT2D eigenvalue weighted by atomic mass is 9.98. The molecule has 0 aliphatic heterocycles. The SMILES string of the molecule is Cc1ccc(NC(=O)c2ccc(OCC(=O)OC3CCCCC3)cc2)c(C)c1. The molecular formula is C23H27NO4. The fourth-order valence-corrected chi connectivity index (χ4v) is 3.40. The summed E-state index contributed by atoms with van der Waals surface area (Å²) in [6, 6.07) is 12.6. The van der Waals surface area contributed by atoms with E-state index in [0.29, 0.717) is 11.3 Å². The highest BCUT2D eigenvalue weighted by atomic mass is 16.6. The molecule has 1 aliphatic rings. The smallest absolute Gasteiger partial charge is 0.344 e. The molecule has 5 nitrogen and oxygen atoms in total. The number of aryl methyl sites for hydroxylation is 2. The van der Waals surface area contributed by atoms with Crippen LogP contribution in [-0.4, -0.2) is 24.6 Å². The van der Waals surface area contributed by atoms with E-state index in [-0.39, 0.29) is 24.6 Å². The third-order valence-corrected chi connectivity index (χ3v) is 4.95. The molecule has 0 aromatic heterocycles. The van der Waals surface area contributed by atoms with Gasteiger partial charge in [-0.2, -0.15) is 0 Å². The Labute approximate surface area is 166 Å². The van der Waals surface area contributed by atoms with Crippen molar-refractivity contribution in [3.63, 3.8) is 0 Å². The summed E-state index contributed by atoms with van der Waals surface area (Å²) in [6.45, 7) is 3.86. The molecular weight excluding hydrogens is 354 g/mol. The van der Waals surface area contributed by atoms with Gasteiger partial charge in [-0.1, -0.05) is 24.1 Å². The predicted octanol–water partition coefficient (Wildman–Crippen LogP) is 4.81. The van der Waals surface area contributed by atoms with E-state index in [1.165, 1.54) is 6.42 Å². The second-order valence-electron chi connectivity index (χ2n) is 7.34. The van der Waals surface area contributed by atoms with Gasteiger partial charge in [0.05, 0.1) is 0 Å². The monoisotopic (exact) mass is 381 g/mol. The van der Waals surface area contributed by atoms with Crippen molar-refractivity contribution in [1.29, 1.82) is 0 Å². The number of carbonyl (C=O) groups is 2. The molecule has 148 valence electrons. The zero-order chi connectivity index (χ0) is 19.9. The summed E-state index contributed by atoms with van der Waals surface area (Å²) in [5, 5.41) is 2.91. The van der Waals surface area contributed by atoms with Crippen molar-refractivity contribution in [3.05, 3.63) is 59.2 Å². The normalized spacial score (nSPS) is 14.4. The maximum Gasteiger partial charge on any atom is 0.344 e. The first-order valence-electron chi connectivity index (χ1n) is 9.82. The van der Waals surface area contributed by atoms with Crippen molar-refractivity contribution < 1.29 is 19.1 Å². The summed E-state index contributed by atoms with van der Waals surface area (Å²) in [5.74, 6) is 0.00226. The molecule has 2 aromatic rings. The van der Waals surface area contributed by atoms with Crippen molar-refractivity contribution in [3.8, 4) is 5.75 Å². The molecule has 5 heteroatoms. The van der Waals surface area contributed by atoms with E-state index in [2.05, 4.69) is 5.32 Å². The molecule has 3 rings (SSSR count). The summed E-state index contributed by atoms with van der Waals surface area (Å²) < 4.78 is 10.9. The van der Waals surface area contributed by atoms with Gasteiger partial charge in [-0.15, -0.1) is 0 Å². The molecule has 0 saturated heterocycles. The second kappa shape index (κ2) is 9.40. The molecule has 1 fully saturated rings. The lowest BCUT2D eigenvalue weighted by Crippen LogP contribution is -2.24. The highest BCUT2D eigenvalue weighted by Crippen LogP contribution is 2.21. The van der Waals surface area contributed by atoms with E-state index < -0.39 is 0 Å². The van der Waals surface area contributed by atoms with Crippen LogP contribution < -0.4 is 10.1 Å². The Kier molecular flexibility index (Phi) is 6.69. The number of nitrogens with one attached hydrogen (secondary N) is 1. The Morgan fingerprint density at radius 3 is 2.39 bits per heavy atom. The van der Waals surface area contributed by atoms with Crippen LogP contribution in [0.15, 0.2) is 42.5 Å². The van der Waals surface area contributed by atoms with Crippen molar-refractivity contribution in [2.75, 3.05) is 11.9 Å². The van der Waals surface area contributed by atoms with Gasteiger partial charge in [-0.05, 0) is 75.4 Å². The Hall–Kier alpha value is -2.82. The van der Waals surface area contributed by atoms with Gasteiger partial charge in [0, 0.05) is 11.3 Å². The zero-order valence-electron chi connectivity index (χ0n) is 16.5. The van der Waals surface area contributed by atoms with Gasteiger partial charge in [0.15, 0.2) is 6.61 Å². The van der Waals surface area contributed by atoms with E-state index in [1.54, 1.807) is 24.3 Å². The standard InChI is InChI=1S/C23H27NO4/c1-16-8-13-21(17(2)14-16)24-23(26)18-9-11-19(12-10-18)27-15-22(25)28-20-6-4-3-5-7-20/h8-14,20H,3-7,15H2,1-2H3,(H,24,26). The lowest BCUT2D eigenvalue weighted by molar-refractivity contribution is -0.152. The van der Waals surface area contributed by atoms with Crippen LogP contribution in [0.25, 0.3) is 0 Å². The number of esters is 1. The van der Waals surface area contributed by atoms with E-state index in [4.69, 9.17) is 9.47 Å². The number of rotatable bonds is 6. The maximum absolute atomic E-state index is 12.4. The van der Waals surface area contributed by atoms with Crippen LogP contribution >= 0.6 is 0 Å². The fourth-order valence-electron chi connectivity index (χ4n) is 3.40. The van der Waals surface area contributed by atoms with E-state index in [0.717, 1.165) is 42.5 Å². The van der Waals surface area contributed by atoms with E-state index in [9.17, 15) is 9.59 Å². The quantitative estimate of drug-likeness (QED) is 0.729. The number of ether oxygens (including phenoxy) is 2. The van der Waals surface area contributed by atoms with Gasteiger partial charge in [0.2, 0.25) is 0 Å². The number of hydrogen-bond acceptors (Lipinski definition) is 4. The summed E-state index contributed by atoms with van der Waals surface area (Å²) >= 11 is 0. The van der Waals surface area contributed by atoms with Crippen LogP contribution in [0.5, 0.6) is 5.75 Å². The summed E-state index contributed by atoms with van der Waals surface area (Å²) in [7, 11) is 0. The molecule has 0 bridgehead atoms. The highest BCUT2D eigenvalue weighted by Gasteiger charge is 2.18. The van der Waals surface area contributed by atoms with Crippen LogP contribution in [-0.2, 0) is 9.53 Å². The minimum atomic E-state index is -0.344. The van der Waals surface area contributed by atoms with Crippen molar-refractivity contribution in [2.24, 2.45) is 0 Å². The summed E-state index contributed by atoms with van der Waals surface area (Å²) in [4.78, 5) is 24.3. The van der Waals surface area contributed by atoms with Gasteiger partial charge in [0.25, 0.3) is 5.91 Å². The lowest BCUT2D eigenvalue weighted by Gasteiger charge is -2.21. The van der Waals surface area contributed by atoms with Gasteiger partial charge < -0.3 is 14.8 Å². The molecule has 1 aliphatic carbocycles. The molecule has 0 radical (unpaired) electrons. The maximum atomic E-state index is 12.4.